The van der Waals surface area contributed by atoms with Gasteiger partial charge in [-0.25, -0.2) is 4.98 Å². The summed E-state index contributed by atoms with van der Waals surface area (Å²) < 4.78 is 41.0. The number of imidazole rings is 1. The maximum absolute atomic E-state index is 13.0. The monoisotopic (exact) mass is 471 g/mol. The highest BCUT2D eigenvalue weighted by Gasteiger charge is 2.32. The van der Waals surface area contributed by atoms with Crippen molar-refractivity contribution >= 4 is 28.6 Å². The predicted octanol–water partition coefficient (Wildman–Crippen LogP) is 5.18. The number of anilines is 1. The number of nitrogens with zero attached hydrogens (tertiary/aromatic N) is 4. The zero-order valence-corrected chi connectivity index (χ0v) is 18.5. The molecule has 6 nitrogen and oxygen atoms in total. The van der Waals surface area contributed by atoms with Crippen LogP contribution in [0.2, 0.25) is 0 Å². The van der Waals surface area contributed by atoms with Gasteiger partial charge < -0.3 is 5.32 Å². The van der Waals surface area contributed by atoms with Crippen molar-refractivity contribution in [3.8, 4) is 0 Å². The number of rotatable bonds is 4. The predicted molar refractivity (Wildman–Crippen MR) is 119 cm³/mol. The molecule has 0 radical (unpaired) electrons. The van der Waals surface area contributed by atoms with Gasteiger partial charge in [0.15, 0.2) is 5.65 Å². The zero-order chi connectivity index (χ0) is 23.2. The Labute approximate surface area is 191 Å². The summed E-state index contributed by atoms with van der Waals surface area (Å²) in [5.74, 6) is -0.387. The van der Waals surface area contributed by atoms with Crippen LogP contribution in [0.25, 0.3) is 5.65 Å². The van der Waals surface area contributed by atoms with Gasteiger partial charge in [-0.2, -0.15) is 13.2 Å². The molecule has 0 aliphatic carbocycles. The van der Waals surface area contributed by atoms with Gasteiger partial charge in [0.2, 0.25) is 0 Å². The molecule has 4 aromatic rings. The summed E-state index contributed by atoms with van der Waals surface area (Å²) in [6.45, 7) is 3.57. The van der Waals surface area contributed by atoms with Crippen LogP contribution >= 0.6 is 11.3 Å². The molecule has 5 rings (SSSR count). The second kappa shape index (κ2) is 8.27. The Morgan fingerprint density at radius 1 is 1.30 bits per heavy atom. The number of amides is 1. The van der Waals surface area contributed by atoms with E-state index in [0.29, 0.717) is 18.5 Å². The van der Waals surface area contributed by atoms with Crippen molar-refractivity contribution in [2.75, 3.05) is 11.9 Å². The second-order valence-corrected chi connectivity index (χ2v) is 8.89. The maximum atomic E-state index is 13.0. The summed E-state index contributed by atoms with van der Waals surface area (Å²) >= 11 is 1.51. The van der Waals surface area contributed by atoms with Gasteiger partial charge in [-0.05, 0) is 37.1 Å². The molecular weight excluding hydrogens is 451 g/mol. The first kappa shape index (κ1) is 21.6. The fraction of sp³-hybridized carbons (Fsp3) is 0.261. The SMILES string of the molecule is CC1c2scc(C(=O)Nc3cccc(C(F)(F)F)c3)c2CCN1Cc1cnc2cnccn12. The molecule has 1 aliphatic heterocycles. The number of halogens is 3. The van der Waals surface area contributed by atoms with E-state index < -0.39 is 11.7 Å². The van der Waals surface area contributed by atoms with Crippen LogP contribution in [-0.4, -0.2) is 31.7 Å². The van der Waals surface area contributed by atoms with Crippen molar-refractivity contribution in [1.82, 2.24) is 19.3 Å². The maximum Gasteiger partial charge on any atom is 0.416 e. The van der Waals surface area contributed by atoms with Crippen molar-refractivity contribution in [3.63, 3.8) is 0 Å². The van der Waals surface area contributed by atoms with E-state index in [4.69, 9.17) is 0 Å². The lowest BCUT2D eigenvalue weighted by molar-refractivity contribution is -0.137. The summed E-state index contributed by atoms with van der Waals surface area (Å²) in [5.41, 5.74) is 2.68. The molecule has 0 saturated carbocycles. The lowest BCUT2D eigenvalue weighted by Gasteiger charge is -2.33. The molecule has 0 spiro atoms. The average molecular weight is 472 g/mol. The molecule has 1 unspecified atom stereocenters. The van der Waals surface area contributed by atoms with E-state index in [1.54, 1.807) is 17.8 Å². The quantitative estimate of drug-likeness (QED) is 0.446. The van der Waals surface area contributed by atoms with Gasteiger partial charge in [0.1, 0.15) is 0 Å². The number of fused-ring (bicyclic) bond motifs is 2. The molecule has 4 heterocycles. The summed E-state index contributed by atoms with van der Waals surface area (Å²) in [4.78, 5) is 24.8. The van der Waals surface area contributed by atoms with E-state index in [1.807, 2.05) is 16.8 Å². The topological polar surface area (TPSA) is 62.5 Å². The highest BCUT2D eigenvalue weighted by molar-refractivity contribution is 7.10. The van der Waals surface area contributed by atoms with Crippen LogP contribution in [0.3, 0.4) is 0 Å². The molecule has 1 atom stereocenters. The van der Waals surface area contributed by atoms with Crippen LogP contribution < -0.4 is 5.32 Å². The first-order valence-electron chi connectivity index (χ1n) is 10.4. The Bertz CT molecular complexity index is 1330. The number of aromatic nitrogens is 3. The summed E-state index contributed by atoms with van der Waals surface area (Å²) in [7, 11) is 0. The summed E-state index contributed by atoms with van der Waals surface area (Å²) in [6, 6.07) is 4.78. The minimum atomic E-state index is -4.46. The fourth-order valence-electron chi connectivity index (χ4n) is 4.22. The Hall–Kier alpha value is -3.24. The van der Waals surface area contributed by atoms with Crippen LogP contribution in [-0.2, 0) is 19.1 Å². The van der Waals surface area contributed by atoms with Crippen molar-refractivity contribution in [2.24, 2.45) is 0 Å². The summed E-state index contributed by atoms with van der Waals surface area (Å²) in [6.07, 6.45) is 3.41. The average Bonchev–Trinajstić information content (AvgIpc) is 3.40. The molecule has 170 valence electrons. The van der Waals surface area contributed by atoms with Gasteiger partial charge >= 0.3 is 6.18 Å². The largest absolute Gasteiger partial charge is 0.416 e. The van der Waals surface area contributed by atoms with Gasteiger partial charge in [0.05, 0.1) is 29.2 Å². The van der Waals surface area contributed by atoms with Gasteiger partial charge in [-0.15, -0.1) is 11.3 Å². The standard InChI is InChI=1S/C23H20F3N5OS/c1-14-21-18(5-7-30(14)12-17-10-28-20-11-27-6-8-31(17)20)19(13-33-21)22(32)29-16-4-2-3-15(9-16)23(24,25)26/h2-4,6,8-11,13-14H,5,7,12H2,1H3,(H,29,32). The van der Waals surface area contributed by atoms with E-state index in [-0.39, 0.29) is 17.6 Å². The highest BCUT2D eigenvalue weighted by atomic mass is 32.1. The first-order valence-corrected chi connectivity index (χ1v) is 11.3. The van der Waals surface area contributed by atoms with Crippen molar-refractivity contribution in [3.05, 3.63) is 81.7 Å². The Morgan fingerprint density at radius 2 is 2.15 bits per heavy atom. The molecule has 0 saturated heterocycles. The smallest absolute Gasteiger partial charge is 0.322 e. The number of alkyl halides is 3. The molecule has 3 aromatic heterocycles. The molecule has 1 aromatic carbocycles. The second-order valence-electron chi connectivity index (χ2n) is 7.98. The van der Waals surface area contributed by atoms with Crippen LogP contribution in [0.5, 0.6) is 0 Å². The molecular formula is C23H20F3N5OS. The molecule has 0 fully saturated rings. The number of hydrogen-bond acceptors (Lipinski definition) is 5. The first-order chi connectivity index (χ1) is 15.8. The van der Waals surface area contributed by atoms with Gasteiger partial charge in [-0.1, -0.05) is 6.07 Å². The number of nitrogens with one attached hydrogen (secondary N) is 1. The third-order valence-corrected chi connectivity index (χ3v) is 7.15. The van der Waals surface area contributed by atoms with Crippen LogP contribution in [0.1, 0.15) is 45.0 Å². The Morgan fingerprint density at radius 3 is 2.97 bits per heavy atom. The van der Waals surface area contributed by atoms with Crippen LogP contribution in [0, 0.1) is 0 Å². The van der Waals surface area contributed by atoms with E-state index >= 15 is 0 Å². The molecule has 33 heavy (non-hydrogen) atoms. The fourth-order valence-corrected chi connectivity index (χ4v) is 5.41. The van der Waals surface area contributed by atoms with Crippen molar-refractivity contribution in [2.45, 2.75) is 32.1 Å². The Kier molecular flexibility index (Phi) is 5.41. The van der Waals surface area contributed by atoms with E-state index in [1.165, 1.54) is 23.5 Å². The lowest BCUT2D eigenvalue weighted by Crippen LogP contribution is -2.33. The zero-order valence-electron chi connectivity index (χ0n) is 17.6. The lowest BCUT2D eigenvalue weighted by atomic mass is 9.98. The van der Waals surface area contributed by atoms with Crippen LogP contribution in [0.15, 0.2) is 54.4 Å². The van der Waals surface area contributed by atoms with Gasteiger partial charge in [0, 0.05) is 47.5 Å². The number of thiophene rings is 1. The van der Waals surface area contributed by atoms with Gasteiger partial charge in [0.25, 0.3) is 5.91 Å². The highest BCUT2D eigenvalue weighted by Crippen LogP contribution is 2.37. The molecule has 0 bridgehead atoms. The molecule has 1 amide bonds. The van der Waals surface area contributed by atoms with E-state index in [2.05, 4.69) is 27.1 Å². The molecule has 10 heteroatoms. The number of carbonyl (C=O) groups excluding carboxylic acids is 1. The van der Waals surface area contributed by atoms with Crippen LogP contribution in [0.4, 0.5) is 18.9 Å². The third kappa shape index (κ3) is 4.11. The van der Waals surface area contributed by atoms with Crippen molar-refractivity contribution < 1.29 is 18.0 Å². The minimum absolute atomic E-state index is 0.0984. The normalized spacial score (nSPS) is 16.7. The summed E-state index contributed by atoms with van der Waals surface area (Å²) in [5, 5.41) is 4.43. The van der Waals surface area contributed by atoms with E-state index in [9.17, 15) is 18.0 Å². The van der Waals surface area contributed by atoms with E-state index in [0.717, 1.165) is 40.5 Å². The number of hydrogen-bond donors (Lipinski definition) is 1. The molecule has 1 N–H and O–H groups in total. The Balaban J connectivity index is 1.33. The number of benzene rings is 1. The minimum Gasteiger partial charge on any atom is -0.322 e. The third-order valence-electron chi connectivity index (χ3n) is 5.95. The van der Waals surface area contributed by atoms with Gasteiger partial charge in [-0.3, -0.25) is 19.1 Å². The van der Waals surface area contributed by atoms with Crippen molar-refractivity contribution in [1.29, 1.82) is 0 Å². The molecule has 1 aliphatic rings. The number of carbonyl (C=O) groups is 1.